The Balaban J connectivity index is 2.90. The molecule has 0 aliphatic heterocycles. The Bertz CT molecular complexity index is 360. The van der Waals surface area contributed by atoms with E-state index >= 15 is 0 Å². The number of aromatic nitrogens is 1. The molecule has 1 aromatic rings. The molecule has 16 heavy (non-hydrogen) atoms. The van der Waals surface area contributed by atoms with Gasteiger partial charge in [-0.1, -0.05) is 13.8 Å². The molecule has 5 nitrogen and oxygen atoms in total. The summed E-state index contributed by atoms with van der Waals surface area (Å²) in [5.74, 6) is 4.65. The molecular weight excluding hydrogens is 208 g/mol. The van der Waals surface area contributed by atoms with Gasteiger partial charge in [0.15, 0.2) is 0 Å². The fourth-order valence-corrected chi connectivity index (χ4v) is 1.32. The maximum atomic E-state index is 11.2. The zero-order valence-electron chi connectivity index (χ0n) is 9.69. The SMILES string of the molecule is COC(=O)c1ccc(C(C)(C)CON)nc1. The van der Waals surface area contributed by atoms with Gasteiger partial charge in [-0.2, -0.15) is 0 Å². The zero-order chi connectivity index (χ0) is 12.2. The van der Waals surface area contributed by atoms with Crippen LogP contribution in [0.4, 0.5) is 0 Å². The lowest BCUT2D eigenvalue weighted by atomic mass is 9.90. The summed E-state index contributed by atoms with van der Waals surface area (Å²) in [5.41, 5.74) is 0.949. The minimum Gasteiger partial charge on any atom is -0.465 e. The quantitative estimate of drug-likeness (QED) is 0.611. The van der Waals surface area contributed by atoms with Crippen molar-refractivity contribution in [3.05, 3.63) is 29.6 Å². The molecule has 0 atom stereocenters. The van der Waals surface area contributed by atoms with E-state index in [9.17, 15) is 4.79 Å². The summed E-state index contributed by atoms with van der Waals surface area (Å²) in [6, 6.07) is 3.44. The Kier molecular flexibility index (Phi) is 3.98. The van der Waals surface area contributed by atoms with E-state index in [-0.39, 0.29) is 5.41 Å². The number of nitrogens with two attached hydrogens (primary N) is 1. The second-order valence-electron chi connectivity index (χ2n) is 4.12. The van der Waals surface area contributed by atoms with Crippen molar-refractivity contribution >= 4 is 5.97 Å². The number of nitrogens with zero attached hydrogens (tertiary/aromatic N) is 1. The molecule has 0 bridgehead atoms. The van der Waals surface area contributed by atoms with E-state index < -0.39 is 5.97 Å². The maximum absolute atomic E-state index is 11.2. The highest BCUT2D eigenvalue weighted by Gasteiger charge is 2.22. The highest BCUT2D eigenvalue weighted by Crippen LogP contribution is 2.21. The summed E-state index contributed by atoms with van der Waals surface area (Å²) >= 11 is 0. The number of esters is 1. The Morgan fingerprint density at radius 2 is 2.19 bits per heavy atom. The minimum absolute atomic E-state index is 0.288. The number of carbonyl (C=O) groups is 1. The van der Waals surface area contributed by atoms with Crippen LogP contribution in [-0.2, 0) is 15.0 Å². The van der Waals surface area contributed by atoms with Gasteiger partial charge in [0, 0.05) is 17.3 Å². The van der Waals surface area contributed by atoms with Crippen LogP contribution < -0.4 is 5.90 Å². The molecule has 0 aliphatic rings. The standard InChI is InChI=1S/C11H16N2O3/c1-11(2,7-16-12)9-5-4-8(6-13-9)10(14)15-3/h4-6H,7,12H2,1-3H3. The smallest absolute Gasteiger partial charge is 0.339 e. The first-order valence-corrected chi connectivity index (χ1v) is 4.88. The van der Waals surface area contributed by atoms with Crippen LogP contribution in [0.5, 0.6) is 0 Å². The summed E-state index contributed by atoms with van der Waals surface area (Å²) in [5, 5.41) is 0. The first kappa shape index (κ1) is 12.6. The van der Waals surface area contributed by atoms with Crippen molar-refractivity contribution < 1.29 is 14.4 Å². The zero-order valence-corrected chi connectivity index (χ0v) is 9.69. The van der Waals surface area contributed by atoms with Crippen molar-refractivity contribution in [2.75, 3.05) is 13.7 Å². The van der Waals surface area contributed by atoms with Gasteiger partial charge in [-0.15, -0.1) is 0 Å². The molecule has 0 fully saturated rings. The van der Waals surface area contributed by atoms with Crippen LogP contribution in [0, 0.1) is 0 Å². The normalized spacial score (nSPS) is 11.2. The van der Waals surface area contributed by atoms with Gasteiger partial charge in [0.2, 0.25) is 0 Å². The number of rotatable bonds is 4. The number of hydrogen-bond acceptors (Lipinski definition) is 5. The summed E-state index contributed by atoms with van der Waals surface area (Å²) in [6.07, 6.45) is 1.49. The number of carbonyl (C=O) groups excluding carboxylic acids is 1. The van der Waals surface area contributed by atoms with Gasteiger partial charge in [0.1, 0.15) is 0 Å². The van der Waals surface area contributed by atoms with Gasteiger partial charge in [-0.05, 0) is 12.1 Å². The van der Waals surface area contributed by atoms with Crippen LogP contribution in [-0.4, -0.2) is 24.7 Å². The van der Waals surface area contributed by atoms with Crippen molar-refractivity contribution in [2.24, 2.45) is 5.90 Å². The van der Waals surface area contributed by atoms with Crippen LogP contribution in [0.1, 0.15) is 29.9 Å². The maximum Gasteiger partial charge on any atom is 0.339 e. The third-order valence-electron chi connectivity index (χ3n) is 2.32. The second kappa shape index (κ2) is 5.05. The van der Waals surface area contributed by atoms with E-state index in [1.807, 2.05) is 13.8 Å². The van der Waals surface area contributed by atoms with Crippen LogP contribution in [0.3, 0.4) is 0 Å². The average Bonchev–Trinajstić information content (AvgIpc) is 2.28. The lowest BCUT2D eigenvalue weighted by Crippen LogP contribution is -2.27. The first-order chi connectivity index (χ1) is 7.51. The van der Waals surface area contributed by atoms with E-state index in [4.69, 9.17) is 5.90 Å². The van der Waals surface area contributed by atoms with Crippen molar-refractivity contribution in [2.45, 2.75) is 19.3 Å². The molecular formula is C11H16N2O3. The van der Waals surface area contributed by atoms with E-state index in [2.05, 4.69) is 14.6 Å². The highest BCUT2D eigenvalue weighted by atomic mass is 16.6. The molecule has 0 unspecified atom stereocenters. The highest BCUT2D eigenvalue weighted by molar-refractivity contribution is 5.88. The predicted octanol–water partition coefficient (Wildman–Crippen LogP) is 1.04. The van der Waals surface area contributed by atoms with Gasteiger partial charge in [0.05, 0.1) is 19.3 Å². The lowest BCUT2D eigenvalue weighted by molar-refractivity contribution is 0.0600. The molecule has 0 radical (unpaired) electrons. The monoisotopic (exact) mass is 224 g/mol. The van der Waals surface area contributed by atoms with Crippen molar-refractivity contribution in [1.82, 2.24) is 4.98 Å². The van der Waals surface area contributed by atoms with Gasteiger partial charge < -0.3 is 9.57 Å². The topological polar surface area (TPSA) is 74.4 Å². The second-order valence-corrected chi connectivity index (χ2v) is 4.12. The molecule has 0 amide bonds. The van der Waals surface area contributed by atoms with Crippen LogP contribution in [0.15, 0.2) is 18.3 Å². The Morgan fingerprint density at radius 3 is 2.62 bits per heavy atom. The van der Waals surface area contributed by atoms with Gasteiger partial charge >= 0.3 is 5.97 Å². The van der Waals surface area contributed by atoms with Gasteiger partial charge in [-0.3, -0.25) is 4.98 Å². The molecule has 2 N–H and O–H groups in total. The Labute approximate surface area is 94.5 Å². The van der Waals surface area contributed by atoms with Crippen molar-refractivity contribution in [1.29, 1.82) is 0 Å². The number of pyridine rings is 1. The molecule has 88 valence electrons. The van der Waals surface area contributed by atoms with Crippen LogP contribution >= 0.6 is 0 Å². The van der Waals surface area contributed by atoms with Crippen molar-refractivity contribution in [3.8, 4) is 0 Å². The summed E-state index contributed by atoms with van der Waals surface area (Å²) in [7, 11) is 1.34. The lowest BCUT2D eigenvalue weighted by Gasteiger charge is -2.22. The number of hydrogen-bond donors (Lipinski definition) is 1. The fraction of sp³-hybridized carbons (Fsp3) is 0.455. The molecule has 1 aromatic heterocycles. The molecule has 5 heteroatoms. The van der Waals surface area contributed by atoms with Gasteiger partial charge in [-0.25, -0.2) is 10.7 Å². The molecule has 0 aliphatic carbocycles. The van der Waals surface area contributed by atoms with Crippen molar-refractivity contribution in [3.63, 3.8) is 0 Å². The summed E-state index contributed by atoms with van der Waals surface area (Å²) in [4.78, 5) is 20.0. The largest absolute Gasteiger partial charge is 0.465 e. The van der Waals surface area contributed by atoms with E-state index in [1.54, 1.807) is 12.1 Å². The summed E-state index contributed by atoms with van der Waals surface area (Å²) in [6.45, 7) is 4.28. The average molecular weight is 224 g/mol. The number of ether oxygens (including phenoxy) is 1. The minimum atomic E-state index is -0.396. The third-order valence-corrected chi connectivity index (χ3v) is 2.32. The fourth-order valence-electron chi connectivity index (χ4n) is 1.32. The van der Waals surface area contributed by atoms with E-state index in [1.165, 1.54) is 13.3 Å². The summed E-state index contributed by atoms with van der Waals surface area (Å²) < 4.78 is 4.59. The molecule has 0 saturated heterocycles. The third kappa shape index (κ3) is 2.77. The van der Waals surface area contributed by atoms with E-state index in [0.29, 0.717) is 12.2 Å². The molecule has 0 aromatic carbocycles. The number of methoxy groups -OCH3 is 1. The Morgan fingerprint density at radius 1 is 1.50 bits per heavy atom. The molecule has 0 spiro atoms. The van der Waals surface area contributed by atoms with Gasteiger partial charge in [0.25, 0.3) is 0 Å². The molecule has 1 heterocycles. The predicted molar refractivity (Wildman–Crippen MR) is 58.7 cm³/mol. The molecule has 1 rings (SSSR count). The Hall–Kier alpha value is -1.46. The first-order valence-electron chi connectivity index (χ1n) is 4.88. The van der Waals surface area contributed by atoms with E-state index in [0.717, 1.165) is 5.69 Å². The van der Waals surface area contributed by atoms with Crippen LogP contribution in [0.25, 0.3) is 0 Å². The molecule has 0 saturated carbocycles. The van der Waals surface area contributed by atoms with Crippen LogP contribution in [0.2, 0.25) is 0 Å².